The number of aryl methyl sites for hydroxylation is 1. The zero-order valence-electron chi connectivity index (χ0n) is 17.7. The molecule has 1 saturated carbocycles. The highest BCUT2D eigenvalue weighted by Crippen LogP contribution is 2.30. The van der Waals surface area contributed by atoms with Crippen LogP contribution in [0.1, 0.15) is 40.3 Å². The van der Waals surface area contributed by atoms with Gasteiger partial charge in [0.25, 0.3) is 0 Å². The Morgan fingerprint density at radius 1 is 1.42 bits per heavy atom. The van der Waals surface area contributed by atoms with Crippen LogP contribution >= 0.6 is 0 Å². The Hall–Kier alpha value is -3.20. The minimum Gasteiger partial charge on any atom is -0.393 e. The van der Waals surface area contributed by atoms with Crippen LogP contribution in [0.4, 0.5) is 5.82 Å². The van der Waals surface area contributed by atoms with Gasteiger partial charge in [0.05, 0.1) is 24.8 Å². The molecule has 0 aliphatic heterocycles. The highest BCUT2D eigenvalue weighted by Gasteiger charge is 2.34. The molecule has 3 aromatic heterocycles. The van der Waals surface area contributed by atoms with E-state index in [2.05, 4.69) is 29.7 Å². The Morgan fingerprint density at radius 3 is 2.97 bits per heavy atom. The number of nitrogens with two attached hydrogens (primary N) is 1. The van der Waals surface area contributed by atoms with E-state index in [0.717, 1.165) is 0 Å². The molecule has 176 valence electrons. The third kappa shape index (κ3) is 5.78. The largest absolute Gasteiger partial charge is 0.393 e. The van der Waals surface area contributed by atoms with Gasteiger partial charge >= 0.3 is 10.3 Å². The molecule has 0 spiro atoms. The number of carbonyl (C=O) groups is 1. The van der Waals surface area contributed by atoms with Crippen LogP contribution in [0.3, 0.4) is 0 Å². The molecule has 0 saturated heterocycles. The van der Waals surface area contributed by atoms with Gasteiger partial charge in [0.1, 0.15) is 29.3 Å². The zero-order valence-corrected chi connectivity index (χ0v) is 18.5. The van der Waals surface area contributed by atoms with Crippen LogP contribution in [0.15, 0.2) is 35.4 Å². The highest BCUT2D eigenvalue weighted by atomic mass is 32.2. The van der Waals surface area contributed by atoms with Crippen LogP contribution in [-0.4, -0.2) is 63.0 Å². The molecule has 0 amide bonds. The molecule has 1 aliphatic carbocycles. The van der Waals surface area contributed by atoms with E-state index in [9.17, 15) is 18.3 Å². The van der Waals surface area contributed by atoms with Gasteiger partial charge in [-0.15, -0.1) is 0 Å². The summed E-state index contributed by atoms with van der Waals surface area (Å²) < 4.78 is 33.3. The van der Waals surface area contributed by atoms with Gasteiger partial charge in [-0.25, -0.2) is 15.1 Å². The average Bonchev–Trinajstić information content (AvgIpc) is 3.47. The zero-order chi connectivity index (χ0) is 23.6. The second-order valence-electron chi connectivity index (χ2n) is 7.86. The summed E-state index contributed by atoms with van der Waals surface area (Å²) in [5, 5.41) is 26.5. The number of ketones is 1. The molecule has 0 aromatic carbocycles. The summed E-state index contributed by atoms with van der Waals surface area (Å²) in [4.78, 5) is 21.2. The van der Waals surface area contributed by atoms with Crippen molar-refractivity contribution in [1.29, 1.82) is 0 Å². The molecular formula is C19H23N7O6S. The van der Waals surface area contributed by atoms with Crippen LogP contribution < -0.4 is 10.5 Å². The third-order valence-corrected chi connectivity index (χ3v) is 5.74. The second-order valence-corrected chi connectivity index (χ2v) is 9.08. The topological polar surface area (TPSA) is 188 Å². The molecule has 3 atom stereocenters. The lowest BCUT2D eigenvalue weighted by Crippen LogP contribution is -2.24. The fourth-order valence-electron chi connectivity index (χ4n) is 3.75. The maximum atomic E-state index is 13.1. The first-order chi connectivity index (χ1) is 15.7. The average molecular weight is 478 g/mol. The summed E-state index contributed by atoms with van der Waals surface area (Å²) in [7, 11) is -4.09. The molecule has 13 nitrogen and oxygen atoms in total. The van der Waals surface area contributed by atoms with Gasteiger partial charge in [0.2, 0.25) is 5.78 Å². The molecule has 1 aliphatic rings. The molecule has 33 heavy (non-hydrogen) atoms. The first-order valence-corrected chi connectivity index (χ1v) is 11.6. The van der Waals surface area contributed by atoms with Gasteiger partial charge in [-0.2, -0.15) is 13.5 Å². The highest BCUT2D eigenvalue weighted by molar-refractivity contribution is 7.84. The van der Waals surface area contributed by atoms with E-state index in [0.29, 0.717) is 36.7 Å². The number of nitrogens with zero attached hydrogens (tertiary/aromatic N) is 5. The number of nitrogens with one attached hydrogen (secondary N) is 1. The minimum atomic E-state index is -4.09. The molecule has 0 bridgehead atoms. The molecule has 1 unspecified atom stereocenters. The first-order valence-electron chi connectivity index (χ1n) is 10.1. The van der Waals surface area contributed by atoms with E-state index >= 15 is 0 Å². The van der Waals surface area contributed by atoms with E-state index in [4.69, 9.17) is 9.66 Å². The van der Waals surface area contributed by atoms with Crippen molar-refractivity contribution < 1.29 is 27.0 Å². The minimum absolute atomic E-state index is 0.207. The van der Waals surface area contributed by atoms with Crippen LogP contribution in [0.5, 0.6) is 0 Å². The summed E-state index contributed by atoms with van der Waals surface area (Å²) in [6, 6.07) is 3.11. The maximum Gasteiger partial charge on any atom is 0.333 e. The van der Waals surface area contributed by atoms with Crippen molar-refractivity contribution in [3.8, 4) is 0 Å². The quantitative estimate of drug-likeness (QED) is 0.352. The molecule has 1 fully saturated rings. The number of hydrogen-bond acceptors (Lipinski definition) is 11. The standard InChI is InChI=1S/C19H23N7O6S/c1-11-4-14(25-32-11)8-26-3-2-16(24-26)18(28)15-7-21-10-22-19(15)23-13-5-12(17(27)6-13)9-31-33(20,29)30/h2-4,7,10,12-13,17,27H,5-6,8-9H2,1H3,(H2,20,29,30)(H,21,22,23)/t12?,13-,17+/m1/s1. The van der Waals surface area contributed by atoms with E-state index in [1.165, 1.54) is 12.5 Å². The predicted octanol–water partition coefficient (Wildman–Crippen LogP) is 0.0203. The van der Waals surface area contributed by atoms with Crippen molar-refractivity contribution in [2.75, 3.05) is 11.9 Å². The number of rotatable bonds is 9. The Balaban J connectivity index is 1.44. The molecule has 4 rings (SSSR count). The monoisotopic (exact) mass is 477 g/mol. The van der Waals surface area contributed by atoms with Gasteiger partial charge < -0.3 is 14.9 Å². The Morgan fingerprint density at radius 2 is 2.24 bits per heavy atom. The van der Waals surface area contributed by atoms with Gasteiger partial charge in [-0.05, 0) is 25.8 Å². The van der Waals surface area contributed by atoms with Crippen molar-refractivity contribution >= 4 is 21.9 Å². The lowest BCUT2D eigenvalue weighted by Gasteiger charge is -2.15. The fourth-order valence-corrected chi connectivity index (χ4v) is 4.12. The van der Waals surface area contributed by atoms with Gasteiger partial charge in [0, 0.05) is 30.4 Å². The number of carbonyl (C=O) groups excluding carboxylic acids is 1. The van der Waals surface area contributed by atoms with Crippen molar-refractivity contribution in [3.05, 3.63) is 53.6 Å². The molecular weight excluding hydrogens is 454 g/mol. The van der Waals surface area contributed by atoms with Crippen LogP contribution in [0.25, 0.3) is 0 Å². The normalized spacial score (nSPS) is 20.8. The van der Waals surface area contributed by atoms with Crippen LogP contribution in [0, 0.1) is 12.8 Å². The van der Waals surface area contributed by atoms with Gasteiger partial charge in [-0.1, -0.05) is 5.16 Å². The lowest BCUT2D eigenvalue weighted by atomic mass is 10.1. The number of hydrogen-bond donors (Lipinski definition) is 3. The van der Waals surface area contributed by atoms with E-state index in [1.807, 2.05) is 0 Å². The van der Waals surface area contributed by atoms with E-state index < -0.39 is 22.3 Å². The van der Waals surface area contributed by atoms with E-state index in [1.54, 1.807) is 29.9 Å². The summed E-state index contributed by atoms with van der Waals surface area (Å²) in [5.74, 6) is 0.168. The molecule has 3 heterocycles. The Kier molecular flexibility index (Phi) is 6.51. The smallest absolute Gasteiger partial charge is 0.333 e. The third-order valence-electron chi connectivity index (χ3n) is 5.28. The first kappa shape index (κ1) is 23.0. The Bertz CT molecular complexity index is 1240. The summed E-state index contributed by atoms with van der Waals surface area (Å²) in [6.45, 7) is 1.91. The number of aliphatic hydroxyl groups excluding tert-OH is 1. The fraction of sp³-hybridized carbons (Fsp3) is 0.421. The molecule has 4 N–H and O–H groups in total. The van der Waals surface area contributed by atoms with Crippen molar-refractivity contribution in [3.63, 3.8) is 0 Å². The van der Waals surface area contributed by atoms with Crippen molar-refractivity contribution in [2.24, 2.45) is 11.1 Å². The molecule has 3 aromatic rings. The number of aromatic nitrogens is 5. The van der Waals surface area contributed by atoms with Crippen LogP contribution in [-0.2, 0) is 21.0 Å². The summed E-state index contributed by atoms with van der Waals surface area (Å²) in [6.07, 6.45) is 4.29. The summed E-state index contributed by atoms with van der Waals surface area (Å²) in [5.41, 5.74) is 1.11. The van der Waals surface area contributed by atoms with Crippen LogP contribution in [0.2, 0.25) is 0 Å². The van der Waals surface area contributed by atoms with Gasteiger partial charge in [-0.3, -0.25) is 13.7 Å². The maximum absolute atomic E-state index is 13.1. The molecule has 14 heteroatoms. The van der Waals surface area contributed by atoms with Gasteiger partial charge in [0.15, 0.2) is 0 Å². The summed E-state index contributed by atoms with van der Waals surface area (Å²) >= 11 is 0. The van der Waals surface area contributed by atoms with E-state index in [-0.39, 0.29) is 29.7 Å². The second kappa shape index (κ2) is 9.35. The predicted molar refractivity (Wildman–Crippen MR) is 113 cm³/mol. The van der Waals surface area contributed by atoms with Crippen molar-refractivity contribution in [1.82, 2.24) is 24.9 Å². The SMILES string of the molecule is Cc1cc(Cn2ccc(C(=O)c3cncnc3N[C@@H]3CC(COS(N)(=O)=O)[C@@H](O)C3)n2)no1. The molecule has 0 radical (unpaired) electrons. The Labute approximate surface area is 189 Å². The lowest BCUT2D eigenvalue weighted by molar-refractivity contribution is 0.101. The number of aliphatic hydroxyl groups is 1. The number of anilines is 1. The van der Waals surface area contributed by atoms with Crippen molar-refractivity contribution in [2.45, 2.75) is 38.5 Å².